The van der Waals surface area contributed by atoms with E-state index in [1.54, 1.807) is 0 Å². The van der Waals surface area contributed by atoms with Gasteiger partial charge in [-0.25, -0.2) is 13.6 Å². The van der Waals surface area contributed by atoms with E-state index in [1.807, 2.05) is 0 Å². The van der Waals surface area contributed by atoms with Crippen LogP contribution in [-0.2, 0) is 10.2 Å². The Morgan fingerprint density at radius 1 is 1.30 bits per heavy atom. The highest BCUT2D eigenvalue weighted by molar-refractivity contribution is 6.31. The Hall–Kier alpha value is -2.48. The number of alkyl carbamates (subject to hydrolysis) is 1. The molecule has 216 valence electrons. The first kappa shape index (κ1) is 30.5. The zero-order chi connectivity index (χ0) is 29.2. The van der Waals surface area contributed by atoms with Crippen LogP contribution >= 0.6 is 23.2 Å². The van der Waals surface area contributed by atoms with Gasteiger partial charge in [-0.05, 0) is 60.8 Å². The number of nitriles is 1. The number of benzene rings is 2. The Bertz CT molecular complexity index is 1290. The van der Waals surface area contributed by atoms with Crippen LogP contribution in [-0.4, -0.2) is 47.8 Å². The normalized spacial score (nSPS) is 25.3. The van der Waals surface area contributed by atoms with Gasteiger partial charge in [-0.1, -0.05) is 55.2 Å². The van der Waals surface area contributed by atoms with Gasteiger partial charge in [0.2, 0.25) is 0 Å². The number of nitrogens with zero attached hydrogens (tertiary/aromatic N) is 1. The van der Waals surface area contributed by atoms with Crippen LogP contribution in [0.2, 0.25) is 10.0 Å². The number of aliphatic hydroxyl groups excluding tert-OH is 2. The van der Waals surface area contributed by atoms with Crippen molar-refractivity contribution in [1.82, 2.24) is 10.6 Å². The number of amides is 1. The molecule has 4 rings (SSSR count). The van der Waals surface area contributed by atoms with Crippen molar-refractivity contribution in [2.24, 2.45) is 11.3 Å². The molecule has 2 fully saturated rings. The Balaban J connectivity index is 1.83. The quantitative estimate of drug-likeness (QED) is 0.292. The van der Waals surface area contributed by atoms with Crippen molar-refractivity contribution in [3.8, 4) is 6.07 Å². The highest BCUT2D eigenvalue weighted by atomic mass is 35.5. The minimum atomic E-state index is -1.72. The van der Waals surface area contributed by atoms with Gasteiger partial charge in [0.05, 0.1) is 29.7 Å². The fourth-order valence-corrected chi connectivity index (χ4v) is 6.25. The summed E-state index contributed by atoms with van der Waals surface area (Å²) in [5.74, 6) is -2.32. The summed E-state index contributed by atoms with van der Waals surface area (Å²) in [4.78, 5) is 12.8. The molecule has 0 aromatic heterocycles. The van der Waals surface area contributed by atoms with Crippen molar-refractivity contribution in [2.75, 3.05) is 13.2 Å². The topological polar surface area (TPSA) is 115 Å². The van der Waals surface area contributed by atoms with E-state index in [4.69, 9.17) is 33.0 Å². The summed E-state index contributed by atoms with van der Waals surface area (Å²) in [6.07, 6.45) is -0.605. The van der Waals surface area contributed by atoms with Crippen molar-refractivity contribution in [3.63, 3.8) is 0 Å². The number of hydrogen-bond acceptors (Lipinski definition) is 6. The van der Waals surface area contributed by atoms with Crippen molar-refractivity contribution >= 4 is 29.3 Å². The molecule has 1 amide bonds. The summed E-state index contributed by atoms with van der Waals surface area (Å²) in [6.45, 7) is 3.69. The lowest BCUT2D eigenvalue weighted by Crippen LogP contribution is -2.45. The molecule has 1 heterocycles. The van der Waals surface area contributed by atoms with Crippen molar-refractivity contribution in [3.05, 3.63) is 69.2 Å². The smallest absolute Gasteiger partial charge is 0.408 e. The van der Waals surface area contributed by atoms with Crippen molar-refractivity contribution in [2.45, 2.75) is 69.2 Å². The lowest BCUT2D eigenvalue weighted by Gasteiger charge is -2.38. The number of carbonyl (C=O) groups is 1. The van der Waals surface area contributed by atoms with Crippen molar-refractivity contribution < 1.29 is 28.5 Å². The number of rotatable bonds is 10. The molecule has 1 aliphatic heterocycles. The predicted molar refractivity (Wildman–Crippen MR) is 147 cm³/mol. The van der Waals surface area contributed by atoms with Crippen LogP contribution in [0.5, 0.6) is 0 Å². The second-order valence-corrected chi connectivity index (χ2v) is 12.1. The zero-order valence-electron chi connectivity index (χ0n) is 22.3. The van der Waals surface area contributed by atoms with Gasteiger partial charge in [-0.2, -0.15) is 5.26 Å². The van der Waals surface area contributed by atoms with Gasteiger partial charge in [0.15, 0.2) is 6.23 Å². The summed E-state index contributed by atoms with van der Waals surface area (Å²) in [6, 6.07) is 9.92. The largest absolute Gasteiger partial charge is 0.430 e. The molecule has 0 spiro atoms. The summed E-state index contributed by atoms with van der Waals surface area (Å²) in [5.41, 5.74) is -1.97. The third-order valence-corrected chi connectivity index (χ3v) is 8.72. The lowest BCUT2D eigenvalue weighted by molar-refractivity contribution is 0.0681. The molecule has 11 heteroatoms. The number of aliphatic hydroxyl groups is 2. The van der Waals surface area contributed by atoms with E-state index >= 15 is 8.78 Å². The van der Waals surface area contributed by atoms with Gasteiger partial charge in [0, 0.05) is 23.2 Å². The van der Waals surface area contributed by atoms with Crippen LogP contribution in [0.1, 0.15) is 56.6 Å². The minimum absolute atomic E-state index is 0.00316. The number of ether oxygens (including phenoxy) is 1. The standard InChI is InChI=1S/C29H33Cl2F2N3O4/c1-28(2,16-6-7-16)13-23-29(15-34,20-9-8-17(30)12-22(20)32)24(19-4-3-5-21(31)25(19)33)26(36-23)40-27(39)35-11-10-18(38)14-37/h3-5,8-9,12,16,18,23-24,26,36-38H,6-7,10-11,13-14H2,1-2H3,(H,35,39)/t18-,23-,24-,26+,29-/m0/s1. The maximum atomic E-state index is 15.7. The van der Waals surface area contributed by atoms with Crippen LogP contribution < -0.4 is 10.6 Å². The molecule has 2 aromatic carbocycles. The molecule has 40 heavy (non-hydrogen) atoms. The van der Waals surface area contributed by atoms with Crippen LogP contribution in [0.25, 0.3) is 0 Å². The molecular weight excluding hydrogens is 563 g/mol. The van der Waals surface area contributed by atoms with Gasteiger partial charge in [0.25, 0.3) is 0 Å². The average molecular weight is 597 g/mol. The Kier molecular flexibility index (Phi) is 9.28. The predicted octanol–water partition coefficient (Wildman–Crippen LogP) is 5.41. The molecule has 2 aromatic rings. The molecule has 1 saturated carbocycles. The van der Waals surface area contributed by atoms with Gasteiger partial charge in [-0.3, -0.25) is 5.32 Å². The zero-order valence-corrected chi connectivity index (χ0v) is 23.8. The number of carbonyl (C=O) groups excluding carboxylic acids is 1. The number of halogens is 4. The second-order valence-electron chi connectivity index (χ2n) is 11.3. The molecule has 0 unspecified atom stereocenters. The maximum Gasteiger partial charge on any atom is 0.408 e. The maximum absolute atomic E-state index is 15.7. The van der Waals surface area contributed by atoms with Crippen molar-refractivity contribution in [1.29, 1.82) is 5.26 Å². The van der Waals surface area contributed by atoms with Gasteiger partial charge in [0.1, 0.15) is 17.0 Å². The first-order chi connectivity index (χ1) is 18.9. The fourth-order valence-electron chi connectivity index (χ4n) is 5.91. The lowest BCUT2D eigenvalue weighted by atomic mass is 9.63. The Morgan fingerprint density at radius 3 is 2.65 bits per heavy atom. The van der Waals surface area contributed by atoms with Gasteiger partial charge in [-0.15, -0.1) is 0 Å². The van der Waals surface area contributed by atoms with E-state index in [2.05, 4.69) is 30.6 Å². The monoisotopic (exact) mass is 595 g/mol. The molecule has 1 saturated heterocycles. The van der Waals surface area contributed by atoms with E-state index in [0.717, 1.165) is 18.9 Å². The van der Waals surface area contributed by atoms with Gasteiger partial charge >= 0.3 is 6.09 Å². The third-order valence-electron chi connectivity index (χ3n) is 8.19. The summed E-state index contributed by atoms with van der Waals surface area (Å²) in [5, 5.41) is 35.2. The fraction of sp³-hybridized carbons (Fsp3) is 0.517. The Morgan fingerprint density at radius 2 is 2.02 bits per heavy atom. The minimum Gasteiger partial charge on any atom is -0.430 e. The van der Waals surface area contributed by atoms with E-state index in [9.17, 15) is 15.2 Å². The van der Waals surface area contributed by atoms with Crippen LogP contribution in [0.4, 0.5) is 13.6 Å². The first-order valence-corrected chi connectivity index (χ1v) is 14.0. The molecule has 0 radical (unpaired) electrons. The third kappa shape index (κ3) is 6.07. The molecule has 5 atom stereocenters. The van der Waals surface area contributed by atoms with Crippen LogP contribution in [0.3, 0.4) is 0 Å². The van der Waals surface area contributed by atoms with E-state index in [-0.39, 0.29) is 39.6 Å². The summed E-state index contributed by atoms with van der Waals surface area (Å²) >= 11 is 12.2. The molecular formula is C29H33Cl2F2N3O4. The molecule has 0 bridgehead atoms. The van der Waals surface area contributed by atoms with E-state index < -0.39 is 54.0 Å². The average Bonchev–Trinajstić information content (AvgIpc) is 3.72. The molecule has 1 aliphatic carbocycles. The summed E-state index contributed by atoms with van der Waals surface area (Å²) < 4.78 is 37.1. The molecule has 4 N–H and O–H groups in total. The highest BCUT2D eigenvalue weighted by Crippen LogP contribution is 2.56. The van der Waals surface area contributed by atoms with E-state index in [1.165, 1.54) is 30.3 Å². The Labute approximate surface area is 242 Å². The second kappa shape index (κ2) is 12.2. The molecule has 2 aliphatic rings. The van der Waals surface area contributed by atoms with E-state index in [0.29, 0.717) is 12.3 Å². The summed E-state index contributed by atoms with van der Waals surface area (Å²) in [7, 11) is 0. The first-order valence-electron chi connectivity index (χ1n) is 13.2. The molecule has 7 nitrogen and oxygen atoms in total. The van der Waals surface area contributed by atoms with Crippen LogP contribution in [0, 0.1) is 34.3 Å². The number of nitrogens with one attached hydrogen (secondary N) is 2. The van der Waals surface area contributed by atoms with Crippen LogP contribution in [0.15, 0.2) is 36.4 Å². The van der Waals surface area contributed by atoms with Gasteiger partial charge < -0.3 is 20.3 Å². The highest BCUT2D eigenvalue weighted by Gasteiger charge is 2.61. The SMILES string of the molecule is CC(C)(C[C@@H]1N[C@H](OC(=O)NCC[C@H](O)CO)[C@H](c2cccc(Cl)c2F)[C@@]1(C#N)c1ccc(Cl)cc1F)C1CC1. The number of hydrogen-bond donors (Lipinski definition) is 4.